The fourth-order valence-electron chi connectivity index (χ4n) is 3.55. The van der Waals surface area contributed by atoms with Gasteiger partial charge >= 0.3 is 0 Å². The van der Waals surface area contributed by atoms with Crippen LogP contribution < -0.4 is 5.73 Å². The van der Waals surface area contributed by atoms with Crippen LogP contribution in [-0.2, 0) is 13.0 Å². The lowest BCUT2D eigenvalue weighted by Gasteiger charge is -2.27. The standard InChI is InChI=1S/C20H19N3O3/c1-2-11-22(18-10-9-14-5-3-4-6-17(14)18)13-16-8-7-15(20(21)24)12-19(16)23(25)26/h1,3-8,12,18H,9-11,13H2,(H2,21,24)/t18-/m0/s1. The Kier molecular flexibility index (Phi) is 5.01. The number of nitrogens with zero attached hydrogens (tertiary/aromatic N) is 2. The molecule has 0 aliphatic heterocycles. The molecular formula is C20H19N3O3. The van der Waals surface area contributed by atoms with Gasteiger partial charge in [0.1, 0.15) is 0 Å². The first-order chi connectivity index (χ1) is 12.5. The molecule has 6 heteroatoms. The fraction of sp³-hybridized carbons (Fsp3) is 0.250. The van der Waals surface area contributed by atoms with Crippen molar-refractivity contribution in [3.05, 3.63) is 74.8 Å². The molecule has 2 N–H and O–H groups in total. The largest absolute Gasteiger partial charge is 0.366 e. The predicted molar refractivity (Wildman–Crippen MR) is 98.4 cm³/mol. The number of hydrogen-bond acceptors (Lipinski definition) is 4. The van der Waals surface area contributed by atoms with Crippen molar-refractivity contribution in [2.45, 2.75) is 25.4 Å². The smallest absolute Gasteiger partial charge is 0.274 e. The van der Waals surface area contributed by atoms with Gasteiger partial charge in [-0.05, 0) is 30.0 Å². The van der Waals surface area contributed by atoms with Crippen molar-refractivity contribution in [3.63, 3.8) is 0 Å². The molecule has 132 valence electrons. The number of benzene rings is 2. The number of terminal acetylenes is 1. The zero-order chi connectivity index (χ0) is 18.7. The van der Waals surface area contributed by atoms with Crippen LogP contribution in [0.4, 0.5) is 5.69 Å². The summed E-state index contributed by atoms with van der Waals surface area (Å²) in [6, 6.07) is 12.7. The van der Waals surface area contributed by atoms with Crippen molar-refractivity contribution >= 4 is 11.6 Å². The molecule has 26 heavy (non-hydrogen) atoms. The molecule has 0 fully saturated rings. The Morgan fingerprint density at radius 1 is 1.35 bits per heavy atom. The number of nitro groups is 1. The number of fused-ring (bicyclic) bond motifs is 1. The first kappa shape index (κ1) is 17.6. The number of hydrogen-bond donors (Lipinski definition) is 1. The van der Waals surface area contributed by atoms with Crippen molar-refractivity contribution in [3.8, 4) is 12.3 Å². The monoisotopic (exact) mass is 349 g/mol. The van der Waals surface area contributed by atoms with Gasteiger partial charge in [0.15, 0.2) is 0 Å². The average Bonchev–Trinajstić information content (AvgIpc) is 3.05. The van der Waals surface area contributed by atoms with Gasteiger partial charge in [0.25, 0.3) is 5.69 Å². The second kappa shape index (κ2) is 7.38. The zero-order valence-electron chi connectivity index (χ0n) is 14.2. The zero-order valence-corrected chi connectivity index (χ0v) is 14.2. The number of primary amides is 1. The third kappa shape index (κ3) is 3.44. The predicted octanol–water partition coefficient (Wildman–Crippen LogP) is 2.82. The molecule has 0 saturated heterocycles. The van der Waals surface area contributed by atoms with Crippen molar-refractivity contribution in [1.29, 1.82) is 0 Å². The number of rotatable bonds is 6. The normalized spacial score (nSPS) is 15.5. The van der Waals surface area contributed by atoms with Crippen LogP contribution in [0.25, 0.3) is 0 Å². The van der Waals surface area contributed by atoms with Crippen LogP contribution in [0.2, 0.25) is 0 Å². The Bertz CT molecular complexity index is 901. The molecule has 0 radical (unpaired) electrons. The molecule has 0 unspecified atom stereocenters. The molecule has 0 bridgehead atoms. The van der Waals surface area contributed by atoms with Crippen LogP contribution in [0.5, 0.6) is 0 Å². The molecular weight excluding hydrogens is 330 g/mol. The molecule has 0 aromatic heterocycles. The Morgan fingerprint density at radius 2 is 2.12 bits per heavy atom. The lowest BCUT2D eigenvalue weighted by molar-refractivity contribution is -0.385. The Morgan fingerprint density at radius 3 is 2.81 bits per heavy atom. The SMILES string of the molecule is C#CCN(Cc1ccc(C(N)=O)cc1[N+](=O)[O-])[C@H]1CCc2ccccc21. The van der Waals surface area contributed by atoms with Crippen LogP contribution in [-0.4, -0.2) is 22.3 Å². The Labute approximate surface area is 151 Å². The summed E-state index contributed by atoms with van der Waals surface area (Å²) in [6.07, 6.45) is 7.43. The lowest BCUT2D eigenvalue weighted by atomic mass is 10.0. The highest BCUT2D eigenvalue weighted by molar-refractivity contribution is 5.93. The van der Waals surface area contributed by atoms with Gasteiger partial charge in [0, 0.05) is 29.8 Å². The maximum absolute atomic E-state index is 11.5. The van der Waals surface area contributed by atoms with Crippen LogP contribution in [0.1, 0.15) is 39.5 Å². The van der Waals surface area contributed by atoms with E-state index in [4.69, 9.17) is 12.2 Å². The van der Waals surface area contributed by atoms with Crippen LogP contribution in [0, 0.1) is 22.5 Å². The quantitative estimate of drug-likeness (QED) is 0.493. The van der Waals surface area contributed by atoms with Crippen molar-refractivity contribution < 1.29 is 9.72 Å². The Balaban J connectivity index is 1.93. The van der Waals surface area contributed by atoms with Gasteiger partial charge in [-0.25, -0.2) is 0 Å². The van der Waals surface area contributed by atoms with Gasteiger partial charge in [-0.15, -0.1) is 6.42 Å². The molecule has 6 nitrogen and oxygen atoms in total. The van der Waals surface area contributed by atoms with Crippen molar-refractivity contribution in [1.82, 2.24) is 4.90 Å². The van der Waals surface area contributed by atoms with Gasteiger partial charge in [0.05, 0.1) is 11.5 Å². The molecule has 3 rings (SSSR count). The number of aryl methyl sites for hydroxylation is 1. The van der Waals surface area contributed by atoms with Gasteiger partial charge in [-0.2, -0.15) is 0 Å². The van der Waals surface area contributed by atoms with E-state index in [1.165, 1.54) is 23.3 Å². The first-order valence-corrected chi connectivity index (χ1v) is 8.33. The summed E-state index contributed by atoms with van der Waals surface area (Å²) in [7, 11) is 0. The maximum Gasteiger partial charge on any atom is 0.274 e. The number of carbonyl (C=O) groups excluding carboxylic acids is 1. The number of nitro benzene ring substituents is 1. The topological polar surface area (TPSA) is 89.5 Å². The van der Waals surface area contributed by atoms with Crippen LogP contribution in [0.3, 0.4) is 0 Å². The highest BCUT2D eigenvalue weighted by Crippen LogP contribution is 2.37. The molecule has 0 heterocycles. The third-order valence-corrected chi connectivity index (χ3v) is 4.78. The highest BCUT2D eigenvalue weighted by atomic mass is 16.6. The molecule has 1 aliphatic rings. The molecule has 1 amide bonds. The highest BCUT2D eigenvalue weighted by Gasteiger charge is 2.29. The minimum atomic E-state index is -0.690. The summed E-state index contributed by atoms with van der Waals surface area (Å²) < 4.78 is 0. The third-order valence-electron chi connectivity index (χ3n) is 4.78. The molecule has 2 aromatic carbocycles. The first-order valence-electron chi connectivity index (χ1n) is 8.33. The summed E-state index contributed by atoms with van der Waals surface area (Å²) in [4.78, 5) is 24.4. The molecule has 2 aromatic rings. The number of amides is 1. The molecule has 0 spiro atoms. The van der Waals surface area contributed by atoms with E-state index in [1.54, 1.807) is 6.07 Å². The average molecular weight is 349 g/mol. The van der Waals surface area contributed by atoms with E-state index in [1.807, 2.05) is 12.1 Å². The summed E-state index contributed by atoms with van der Waals surface area (Å²) in [5, 5.41) is 11.5. The fourth-order valence-corrected chi connectivity index (χ4v) is 3.55. The summed E-state index contributed by atoms with van der Waals surface area (Å²) in [5.74, 6) is 1.97. The van der Waals surface area contributed by atoms with Crippen LogP contribution >= 0.6 is 0 Å². The van der Waals surface area contributed by atoms with Crippen molar-refractivity contribution in [2.24, 2.45) is 5.73 Å². The molecule has 0 saturated carbocycles. The minimum absolute atomic E-state index is 0.116. The van der Waals surface area contributed by atoms with E-state index in [2.05, 4.69) is 23.0 Å². The van der Waals surface area contributed by atoms with E-state index in [-0.39, 0.29) is 17.3 Å². The maximum atomic E-state index is 11.5. The Hall–Kier alpha value is -3.17. The molecule has 1 atom stereocenters. The van der Waals surface area contributed by atoms with Crippen molar-refractivity contribution in [2.75, 3.05) is 6.54 Å². The van der Waals surface area contributed by atoms with E-state index in [9.17, 15) is 14.9 Å². The summed E-state index contributed by atoms with van der Waals surface area (Å²) in [6.45, 7) is 0.715. The second-order valence-corrected chi connectivity index (χ2v) is 6.33. The van der Waals surface area contributed by atoms with Crippen LogP contribution in [0.15, 0.2) is 42.5 Å². The van der Waals surface area contributed by atoms with E-state index in [0.29, 0.717) is 18.7 Å². The number of nitrogens with two attached hydrogens (primary N) is 1. The summed E-state index contributed by atoms with van der Waals surface area (Å²) in [5.41, 5.74) is 8.27. The van der Waals surface area contributed by atoms with Gasteiger partial charge in [0.2, 0.25) is 5.91 Å². The van der Waals surface area contributed by atoms with Gasteiger partial charge in [-0.3, -0.25) is 19.8 Å². The summed E-state index contributed by atoms with van der Waals surface area (Å²) >= 11 is 0. The lowest BCUT2D eigenvalue weighted by Crippen LogP contribution is -2.28. The van der Waals surface area contributed by atoms with E-state index < -0.39 is 10.8 Å². The second-order valence-electron chi connectivity index (χ2n) is 6.33. The van der Waals surface area contributed by atoms with E-state index in [0.717, 1.165) is 12.8 Å². The van der Waals surface area contributed by atoms with Gasteiger partial charge in [-0.1, -0.05) is 36.3 Å². The van der Waals surface area contributed by atoms with E-state index >= 15 is 0 Å². The number of carbonyl (C=O) groups is 1. The van der Waals surface area contributed by atoms with Gasteiger partial charge < -0.3 is 5.73 Å². The minimum Gasteiger partial charge on any atom is -0.366 e. The molecule has 1 aliphatic carbocycles.